The standard InChI is InChI=1S/C16H20NO2.BrH.Hg/c1-3-15-11-7-8-13(2)17(15)16(18)19-12-14-9-5-4-6-10-14;;/h3-6,9-10,13,15H,1-2,7-8,11-12H2;1H;/q;;+1/p-1/t13-,15+;;/m1../s1. The predicted molar refractivity (Wildman–Crippen MR) is 83.8 cm³/mol. The van der Waals surface area contributed by atoms with E-state index < -0.39 is 22.1 Å². The fourth-order valence-corrected chi connectivity index (χ4v) is 10.7. The second-order valence-electron chi connectivity index (χ2n) is 5.31. The van der Waals surface area contributed by atoms with Gasteiger partial charge in [0.15, 0.2) is 0 Å². The van der Waals surface area contributed by atoms with Crippen LogP contribution < -0.4 is 0 Å². The zero-order valence-corrected chi connectivity index (χ0v) is 19.3. The molecule has 2 rings (SSSR count). The quantitative estimate of drug-likeness (QED) is 0.407. The van der Waals surface area contributed by atoms with E-state index >= 15 is 0 Å². The molecule has 110 valence electrons. The number of carbonyl (C=O) groups excluding carboxylic acids is 1. The molecule has 1 amide bonds. The molecule has 0 aliphatic carbocycles. The van der Waals surface area contributed by atoms with Gasteiger partial charge in [0.2, 0.25) is 0 Å². The number of halogens is 1. The molecule has 1 heterocycles. The summed E-state index contributed by atoms with van der Waals surface area (Å²) in [5, 5.41) is 0. The van der Waals surface area contributed by atoms with Crippen molar-refractivity contribution in [1.29, 1.82) is 0 Å². The van der Waals surface area contributed by atoms with Crippen molar-refractivity contribution in [1.82, 2.24) is 4.90 Å². The van der Waals surface area contributed by atoms with Crippen molar-refractivity contribution < 1.29 is 31.7 Å². The molecule has 0 unspecified atom stereocenters. The van der Waals surface area contributed by atoms with Crippen molar-refractivity contribution in [3.05, 3.63) is 48.6 Å². The maximum absolute atomic E-state index is 12.5. The molecule has 2 atom stereocenters. The second kappa shape index (κ2) is 8.94. The number of amides is 1. The van der Waals surface area contributed by atoms with Crippen LogP contribution in [0, 0.1) is 0 Å². The van der Waals surface area contributed by atoms with Crippen LogP contribution in [0.4, 0.5) is 4.79 Å². The number of nitrogens with zero attached hydrogens (tertiary/aromatic N) is 1. The number of hydrogen-bond donors (Lipinski definition) is 0. The van der Waals surface area contributed by atoms with Crippen molar-refractivity contribution in [2.75, 3.05) is 0 Å². The first-order valence-corrected chi connectivity index (χ1v) is 23.2. The van der Waals surface area contributed by atoms with Crippen molar-refractivity contribution in [2.24, 2.45) is 0 Å². The van der Waals surface area contributed by atoms with Crippen LogP contribution in [0.25, 0.3) is 0 Å². The van der Waals surface area contributed by atoms with Crippen LogP contribution >= 0.6 is 11.9 Å². The first kappa shape index (κ1) is 17.0. The van der Waals surface area contributed by atoms with Gasteiger partial charge in [0, 0.05) is 0 Å². The Kier molecular flexibility index (Phi) is 7.24. The maximum atomic E-state index is 12.5. The Hall–Kier alpha value is -0.355. The van der Waals surface area contributed by atoms with E-state index in [0.29, 0.717) is 12.6 Å². The number of piperidine rings is 1. The average molecular weight is 539 g/mol. The van der Waals surface area contributed by atoms with Gasteiger partial charge in [-0.2, -0.15) is 0 Å². The van der Waals surface area contributed by atoms with E-state index in [-0.39, 0.29) is 12.1 Å². The molecule has 0 spiro atoms. The molecule has 0 saturated carbocycles. The van der Waals surface area contributed by atoms with Crippen molar-refractivity contribution >= 4 is 18.0 Å². The molecule has 3 nitrogen and oxygen atoms in total. The van der Waals surface area contributed by atoms with Gasteiger partial charge in [0.1, 0.15) is 0 Å². The molecule has 5 heteroatoms. The molecule has 1 fully saturated rings. The van der Waals surface area contributed by atoms with Gasteiger partial charge in [-0.05, 0) is 0 Å². The first-order valence-electron chi connectivity index (χ1n) is 7.43. The van der Waals surface area contributed by atoms with E-state index in [0.717, 1.165) is 18.4 Å². The van der Waals surface area contributed by atoms with Crippen LogP contribution in [0.1, 0.15) is 24.8 Å². The summed E-state index contributed by atoms with van der Waals surface area (Å²) in [4.78, 5) is 14.4. The molecular weight excluding hydrogens is 519 g/mol. The van der Waals surface area contributed by atoms with Gasteiger partial charge in [0.25, 0.3) is 0 Å². The van der Waals surface area contributed by atoms with E-state index in [9.17, 15) is 4.79 Å². The average Bonchev–Trinajstić information content (AvgIpc) is 2.53. The third-order valence-electron chi connectivity index (χ3n) is 3.92. The molecule has 0 N–H and O–H groups in total. The van der Waals surface area contributed by atoms with Crippen molar-refractivity contribution in [3.63, 3.8) is 0 Å². The molecule has 1 aliphatic rings. The molecular formula is C16H20BrHgNO2. The number of carbonyl (C=O) groups is 1. The number of likely N-dealkylation sites (tertiary alicyclic amines) is 1. The van der Waals surface area contributed by atoms with Crippen molar-refractivity contribution in [3.8, 4) is 0 Å². The third kappa shape index (κ3) is 4.81. The minimum atomic E-state index is -0.953. The molecule has 0 radical (unpaired) electrons. The van der Waals surface area contributed by atoms with E-state index in [1.54, 1.807) is 0 Å². The summed E-state index contributed by atoms with van der Waals surface area (Å²) >= 11 is 2.74. The summed E-state index contributed by atoms with van der Waals surface area (Å²) in [5.74, 6) is 0. The van der Waals surface area contributed by atoms with E-state index in [4.69, 9.17) is 4.74 Å². The molecule has 1 aliphatic heterocycles. The monoisotopic (exact) mass is 539 g/mol. The van der Waals surface area contributed by atoms with Crippen LogP contribution in [0.15, 0.2) is 43.0 Å². The normalized spacial score (nSPS) is 21.5. The SMILES string of the molecule is C=C[C@H]1CCC[C@@H]([CH2][Hg][Br])N1C(=O)OCc1ccccc1. The number of hydrogen-bond acceptors (Lipinski definition) is 2. The molecule has 1 saturated heterocycles. The van der Waals surface area contributed by atoms with E-state index in [1.807, 2.05) is 41.3 Å². The summed E-state index contributed by atoms with van der Waals surface area (Å²) in [6.07, 6.45) is 4.96. The Balaban J connectivity index is 2.00. The van der Waals surface area contributed by atoms with Gasteiger partial charge in [0.05, 0.1) is 0 Å². The van der Waals surface area contributed by atoms with Gasteiger partial charge in [-0.15, -0.1) is 0 Å². The molecule has 0 bridgehead atoms. The van der Waals surface area contributed by atoms with Crippen LogP contribution in [0.5, 0.6) is 0 Å². The topological polar surface area (TPSA) is 29.5 Å². The minimum absolute atomic E-state index is 0.125. The molecule has 21 heavy (non-hydrogen) atoms. The molecule has 1 aromatic carbocycles. The van der Waals surface area contributed by atoms with E-state index in [1.165, 1.54) is 10.4 Å². The van der Waals surface area contributed by atoms with Crippen LogP contribution in [0.2, 0.25) is 3.93 Å². The summed E-state index contributed by atoms with van der Waals surface area (Å²) < 4.78 is 6.70. The number of benzene rings is 1. The van der Waals surface area contributed by atoms with Crippen molar-refractivity contribution in [2.45, 2.75) is 41.9 Å². The predicted octanol–water partition coefficient (Wildman–Crippen LogP) is 4.54. The van der Waals surface area contributed by atoms with Crippen LogP contribution in [0.3, 0.4) is 0 Å². The Labute approximate surface area is 144 Å². The van der Waals surface area contributed by atoms with E-state index in [2.05, 4.69) is 18.5 Å². The Morgan fingerprint density at radius 2 is 2.19 bits per heavy atom. The van der Waals surface area contributed by atoms with Gasteiger partial charge < -0.3 is 0 Å². The zero-order chi connectivity index (χ0) is 15.1. The summed E-state index contributed by atoms with van der Waals surface area (Å²) in [6, 6.07) is 10.3. The number of rotatable bonds is 5. The summed E-state index contributed by atoms with van der Waals surface area (Å²) in [6.45, 7) is 4.23. The first-order chi connectivity index (χ1) is 10.3. The summed E-state index contributed by atoms with van der Waals surface area (Å²) in [5.41, 5.74) is 1.02. The van der Waals surface area contributed by atoms with Crippen LogP contribution in [-0.4, -0.2) is 23.1 Å². The zero-order valence-electron chi connectivity index (χ0n) is 12.2. The summed E-state index contributed by atoms with van der Waals surface area (Å²) in [7, 11) is 0. The van der Waals surface area contributed by atoms with Crippen LogP contribution in [-0.2, 0) is 33.5 Å². The molecule has 0 aromatic heterocycles. The number of ether oxygens (including phenoxy) is 1. The fraction of sp³-hybridized carbons (Fsp3) is 0.438. The Morgan fingerprint density at radius 1 is 1.43 bits per heavy atom. The van der Waals surface area contributed by atoms with Gasteiger partial charge >= 0.3 is 145 Å². The second-order valence-corrected chi connectivity index (χ2v) is 16.0. The Bertz CT molecular complexity index is 467. The third-order valence-corrected chi connectivity index (χ3v) is 11.4. The Morgan fingerprint density at radius 3 is 2.86 bits per heavy atom. The molecule has 1 aromatic rings. The van der Waals surface area contributed by atoms with Gasteiger partial charge in [-0.25, -0.2) is 0 Å². The van der Waals surface area contributed by atoms with Gasteiger partial charge in [-0.1, -0.05) is 0 Å². The fourth-order valence-electron chi connectivity index (χ4n) is 2.83. The van der Waals surface area contributed by atoms with Gasteiger partial charge in [-0.3, -0.25) is 0 Å².